The standard InChI is InChI=1S/C12H13NO6/c1-2-19-10(12(17)18)13-9(14)7-5-3-4-6-8(7)11(15)16/h3-6,10H,2H2,1H3,(H,13,14)(H,15,16)(H,17,18). The molecule has 0 radical (unpaired) electrons. The fourth-order valence-electron chi connectivity index (χ4n) is 1.41. The number of amides is 1. The molecule has 0 saturated carbocycles. The van der Waals surface area contributed by atoms with E-state index in [1.165, 1.54) is 24.3 Å². The van der Waals surface area contributed by atoms with Crippen LogP contribution in [0.3, 0.4) is 0 Å². The molecular weight excluding hydrogens is 254 g/mol. The maximum Gasteiger partial charge on any atom is 0.354 e. The summed E-state index contributed by atoms with van der Waals surface area (Å²) < 4.78 is 4.82. The summed E-state index contributed by atoms with van der Waals surface area (Å²) in [5, 5.41) is 19.9. The zero-order valence-electron chi connectivity index (χ0n) is 10.1. The molecule has 102 valence electrons. The van der Waals surface area contributed by atoms with Gasteiger partial charge in [-0.1, -0.05) is 12.1 Å². The van der Waals surface area contributed by atoms with Crippen molar-refractivity contribution in [2.24, 2.45) is 0 Å². The summed E-state index contributed by atoms with van der Waals surface area (Å²) in [7, 11) is 0. The van der Waals surface area contributed by atoms with E-state index in [1.54, 1.807) is 6.92 Å². The largest absolute Gasteiger partial charge is 0.478 e. The van der Waals surface area contributed by atoms with Gasteiger partial charge in [-0.15, -0.1) is 0 Å². The van der Waals surface area contributed by atoms with E-state index < -0.39 is 24.1 Å². The lowest BCUT2D eigenvalue weighted by molar-refractivity contribution is -0.151. The minimum Gasteiger partial charge on any atom is -0.478 e. The molecule has 0 fully saturated rings. The lowest BCUT2D eigenvalue weighted by atomic mass is 10.1. The number of rotatable bonds is 6. The molecule has 1 unspecified atom stereocenters. The van der Waals surface area contributed by atoms with Crippen LogP contribution in [-0.2, 0) is 9.53 Å². The maximum atomic E-state index is 11.8. The van der Waals surface area contributed by atoms with Crippen LogP contribution in [0.1, 0.15) is 27.6 Å². The molecule has 19 heavy (non-hydrogen) atoms. The number of carbonyl (C=O) groups excluding carboxylic acids is 1. The van der Waals surface area contributed by atoms with Gasteiger partial charge in [0.15, 0.2) is 0 Å². The molecule has 0 heterocycles. The van der Waals surface area contributed by atoms with Crippen LogP contribution in [0, 0.1) is 0 Å². The summed E-state index contributed by atoms with van der Waals surface area (Å²) in [6.07, 6.45) is -1.51. The van der Waals surface area contributed by atoms with Crippen molar-refractivity contribution in [3.63, 3.8) is 0 Å². The predicted molar refractivity (Wildman–Crippen MR) is 63.9 cm³/mol. The third kappa shape index (κ3) is 3.78. The van der Waals surface area contributed by atoms with Gasteiger partial charge in [0.05, 0.1) is 11.1 Å². The van der Waals surface area contributed by atoms with Crippen molar-refractivity contribution in [1.29, 1.82) is 0 Å². The highest BCUT2D eigenvalue weighted by Crippen LogP contribution is 2.09. The molecule has 0 aliphatic carbocycles. The van der Waals surface area contributed by atoms with Crippen LogP contribution in [0.5, 0.6) is 0 Å². The molecule has 3 N–H and O–H groups in total. The zero-order chi connectivity index (χ0) is 14.4. The normalized spacial score (nSPS) is 11.6. The van der Waals surface area contributed by atoms with Gasteiger partial charge in [-0.05, 0) is 19.1 Å². The molecule has 0 aromatic heterocycles. The number of ether oxygens (including phenoxy) is 1. The van der Waals surface area contributed by atoms with Crippen LogP contribution in [-0.4, -0.2) is 40.9 Å². The van der Waals surface area contributed by atoms with Crippen molar-refractivity contribution in [3.8, 4) is 0 Å². The minimum atomic E-state index is -1.51. The van der Waals surface area contributed by atoms with Crippen molar-refractivity contribution in [1.82, 2.24) is 5.32 Å². The van der Waals surface area contributed by atoms with Gasteiger partial charge in [-0.2, -0.15) is 0 Å². The highest BCUT2D eigenvalue weighted by atomic mass is 16.5. The van der Waals surface area contributed by atoms with Gasteiger partial charge in [0.2, 0.25) is 6.23 Å². The second-order valence-corrected chi connectivity index (χ2v) is 3.50. The Hall–Kier alpha value is -2.41. The summed E-state index contributed by atoms with van der Waals surface area (Å²) >= 11 is 0. The molecule has 0 aliphatic rings. The van der Waals surface area contributed by atoms with E-state index in [4.69, 9.17) is 14.9 Å². The quantitative estimate of drug-likeness (QED) is 0.649. The number of hydrogen-bond donors (Lipinski definition) is 3. The van der Waals surface area contributed by atoms with E-state index in [-0.39, 0.29) is 17.7 Å². The summed E-state index contributed by atoms with van der Waals surface area (Å²) in [5.41, 5.74) is -0.332. The number of carboxylic acid groups (broad SMARTS) is 2. The molecule has 0 spiro atoms. The molecule has 7 heteroatoms. The zero-order valence-corrected chi connectivity index (χ0v) is 10.1. The molecule has 1 aromatic carbocycles. The fourth-order valence-corrected chi connectivity index (χ4v) is 1.41. The van der Waals surface area contributed by atoms with E-state index in [1.807, 2.05) is 0 Å². The Balaban J connectivity index is 2.94. The number of nitrogens with one attached hydrogen (secondary N) is 1. The molecule has 0 bridgehead atoms. The second kappa shape index (κ2) is 6.50. The molecule has 1 amide bonds. The van der Waals surface area contributed by atoms with Gasteiger partial charge in [-0.25, -0.2) is 9.59 Å². The molecular formula is C12H13NO6. The monoisotopic (exact) mass is 267 g/mol. The van der Waals surface area contributed by atoms with Crippen molar-refractivity contribution in [3.05, 3.63) is 35.4 Å². The average molecular weight is 267 g/mol. The SMILES string of the molecule is CCOC(NC(=O)c1ccccc1C(=O)O)C(=O)O. The molecule has 7 nitrogen and oxygen atoms in total. The van der Waals surface area contributed by atoms with E-state index >= 15 is 0 Å². The van der Waals surface area contributed by atoms with Gasteiger partial charge in [0.25, 0.3) is 5.91 Å². The third-order valence-corrected chi connectivity index (χ3v) is 2.22. The smallest absolute Gasteiger partial charge is 0.354 e. The van der Waals surface area contributed by atoms with E-state index in [0.717, 1.165) is 0 Å². The van der Waals surface area contributed by atoms with Crippen LogP contribution in [0.25, 0.3) is 0 Å². The lowest BCUT2D eigenvalue weighted by Gasteiger charge is -2.14. The Morgan fingerprint density at radius 2 is 1.79 bits per heavy atom. The van der Waals surface area contributed by atoms with Gasteiger partial charge < -0.3 is 20.3 Å². The van der Waals surface area contributed by atoms with Crippen LogP contribution < -0.4 is 5.32 Å². The molecule has 1 rings (SSSR count). The van der Waals surface area contributed by atoms with Crippen LogP contribution >= 0.6 is 0 Å². The molecule has 1 aromatic rings. The maximum absolute atomic E-state index is 11.8. The third-order valence-electron chi connectivity index (χ3n) is 2.22. The van der Waals surface area contributed by atoms with Crippen molar-refractivity contribution < 1.29 is 29.3 Å². The summed E-state index contributed by atoms with van der Waals surface area (Å²) in [4.78, 5) is 33.6. The Morgan fingerprint density at radius 1 is 1.21 bits per heavy atom. The van der Waals surface area contributed by atoms with Crippen molar-refractivity contribution in [2.75, 3.05) is 6.61 Å². The number of hydrogen-bond acceptors (Lipinski definition) is 4. The van der Waals surface area contributed by atoms with Gasteiger partial charge in [-0.3, -0.25) is 4.79 Å². The number of carbonyl (C=O) groups is 3. The Kier molecular flexibility index (Phi) is 5.01. The highest BCUT2D eigenvalue weighted by molar-refractivity contribution is 6.05. The summed E-state index contributed by atoms with van der Waals surface area (Å²) in [6, 6.07) is 5.51. The van der Waals surface area contributed by atoms with Crippen LogP contribution in [0.15, 0.2) is 24.3 Å². The van der Waals surface area contributed by atoms with E-state index in [2.05, 4.69) is 5.32 Å². The molecule has 1 atom stereocenters. The van der Waals surface area contributed by atoms with Gasteiger partial charge in [0.1, 0.15) is 0 Å². The van der Waals surface area contributed by atoms with Crippen molar-refractivity contribution >= 4 is 17.8 Å². The number of carboxylic acids is 2. The first-order valence-corrected chi connectivity index (χ1v) is 5.45. The Labute approximate surface area is 108 Å². The van der Waals surface area contributed by atoms with Crippen LogP contribution in [0.4, 0.5) is 0 Å². The number of aromatic carboxylic acids is 1. The first-order chi connectivity index (χ1) is 8.97. The fraction of sp³-hybridized carbons (Fsp3) is 0.250. The number of benzene rings is 1. The van der Waals surface area contributed by atoms with Gasteiger partial charge in [0, 0.05) is 6.61 Å². The molecule has 0 aliphatic heterocycles. The predicted octanol–water partition coefficient (Wildman–Crippen LogP) is 0.562. The lowest BCUT2D eigenvalue weighted by Crippen LogP contribution is -2.43. The second-order valence-electron chi connectivity index (χ2n) is 3.50. The average Bonchev–Trinajstić information content (AvgIpc) is 2.37. The topological polar surface area (TPSA) is 113 Å². The van der Waals surface area contributed by atoms with E-state index in [9.17, 15) is 14.4 Å². The Bertz CT molecular complexity index is 499. The molecule has 0 saturated heterocycles. The van der Waals surface area contributed by atoms with Gasteiger partial charge >= 0.3 is 11.9 Å². The van der Waals surface area contributed by atoms with Crippen LogP contribution in [0.2, 0.25) is 0 Å². The first-order valence-electron chi connectivity index (χ1n) is 5.45. The number of aliphatic carboxylic acids is 1. The minimum absolute atomic E-state index is 0.0951. The Morgan fingerprint density at radius 3 is 2.26 bits per heavy atom. The van der Waals surface area contributed by atoms with Crippen molar-refractivity contribution in [2.45, 2.75) is 13.2 Å². The summed E-state index contributed by atoms with van der Waals surface area (Å²) in [5.74, 6) is -3.45. The van der Waals surface area contributed by atoms with E-state index in [0.29, 0.717) is 0 Å². The summed E-state index contributed by atoms with van der Waals surface area (Å²) in [6.45, 7) is 1.67. The first kappa shape index (κ1) is 14.7. The highest BCUT2D eigenvalue weighted by Gasteiger charge is 2.23.